The van der Waals surface area contributed by atoms with Gasteiger partial charge in [0.05, 0.1) is 0 Å². The summed E-state index contributed by atoms with van der Waals surface area (Å²) >= 11 is 0. The summed E-state index contributed by atoms with van der Waals surface area (Å²) in [6.45, 7) is 0. The van der Waals surface area contributed by atoms with Gasteiger partial charge in [-0.3, -0.25) is 0 Å². The zero-order valence-electron chi connectivity index (χ0n) is 4.54. The Hall–Kier alpha value is -0.0431. The first-order valence-corrected chi connectivity index (χ1v) is 4.88. The Labute approximate surface area is 50.0 Å². The van der Waals surface area contributed by atoms with Gasteiger partial charge in [-0.1, -0.05) is 0 Å². The van der Waals surface area contributed by atoms with Crippen molar-refractivity contribution in [2.45, 2.75) is 0 Å². The second kappa shape index (κ2) is 3.90. The second-order valence-electron chi connectivity index (χ2n) is 0.893. The Morgan fingerprint density at radius 3 is 1.62 bits per heavy atom. The third-order valence-electron chi connectivity index (χ3n) is 0.469. The molecule has 6 heteroatoms. The van der Waals surface area contributed by atoms with Crippen LogP contribution in [0.15, 0.2) is 0 Å². The molecule has 0 spiro atoms. The Morgan fingerprint density at radius 2 is 1.62 bits per heavy atom. The van der Waals surface area contributed by atoms with E-state index < -0.39 is 17.7 Å². The molecule has 0 bridgehead atoms. The standard InChI is InChI=1S/C2H6O4SSi/c1-5-8(6-2)7(3)4/h1-2H3. The minimum absolute atomic E-state index is 1.30. The van der Waals surface area contributed by atoms with Gasteiger partial charge in [-0.05, 0) is 0 Å². The first kappa shape index (κ1) is 7.96. The molecule has 0 heterocycles. The molecule has 0 radical (unpaired) electrons. The molecule has 0 aromatic carbocycles. The highest BCUT2D eigenvalue weighted by Gasteiger charge is 1.98. The summed E-state index contributed by atoms with van der Waals surface area (Å²) in [5.41, 5.74) is 0. The maximum atomic E-state index is 9.96. The predicted octanol–water partition coefficient (Wildman–Crippen LogP) is -0.857. The molecule has 0 unspecified atom stereocenters. The van der Waals surface area contributed by atoms with Crippen LogP contribution in [0.3, 0.4) is 0 Å². The molecule has 48 valence electrons. The van der Waals surface area contributed by atoms with E-state index >= 15 is 0 Å². The SMILES string of the molecule is CO[Si](OC)=S(=O)=O. The van der Waals surface area contributed by atoms with Crippen molar-refractivity contribution in [1.29, 1.82) is 0 Å². The van der Waals surface area contributed by atoms with Crippen molar-refractivity contribution in [1.82, 2.24) is 0 Å². The van der Waals surface area contributed by atoms with Crippen LogP contribution < -0.4 is 0 Å². The molecule has 4 nitrogen and oxygen atoms in total. The minimum atomic E-state index is -2.20. The first-order valence-electron chi connectivity index (χ1n) is 1.76. The van der Waals surface area contributed by atoms with Crippen LogP contribution in [0.25, 0.3) is 0 Å². The van der Waals surface area contributed by atoms with Gasteiger partial charge >= 0.3 is 7.99 Å². The van der Waals surface area contributed by atoms with Crippen molar-refractivity contribution in [3.63, 3.8) is 0 Å². The first-order chi connectivity index (χ1) is 3.72. The van der Waals surface area contributed by atoms with Gasteiger partial charge in [0.2, 0.25) is 9.70 Å². The maximum Gasteiger partial charge on any atom is 0.499 e. The van der Waals surface area contributed by atoms with E-state index in [4.69, 9.17) is 0 Å². The Kier molecular flexibility index (Phi) is 3.88. The van der Waals surface area contributed by atoms with Crippen LogP contribution in [0.4, 0.5) is 0 Å². The van der Waals surface area contributed by atoms with E-state index in [1.807, 2.05) is 0 Å². The summed E-state index contributed by atoms with van der Waals surface area (Å²) in [5, 5.41) is 0. The molecule has 0 amide bonds. The molecule has 0 aliphatic heterocycles. The van der Waals surface area contributed by atoms with Crippen LogP contribution >= 0.6 is 0 Å². The lowest BCUT2D eigenvalue weighted by molar-refractivity contribution is 0.303. The second-order valence-corrected chi connectivity index (χ2v) is 4.68. The van der Waals surface area contributed by atoms with Crippen molar-refractivity contribution in [3.8, 4) is 0 Å². The number of rotatable bonds is 2. The van der Waals surface area contributed by atoms with Gasteiger partial charge in [-0.2, -0.15) is 8.42 Å². The van der Waals surface area contributed by atoms with Crippen molar-refractivity contribution >= 4 is 17.7 Å². The molecule has 0 fully saturated rings. The monoisotopic (exact) mass is 154 g/mol. The van der Waals surface area contributed by atoms with Crippen molar-refractivity contribution < 1.29 is 17.3 Å². The highest BCUT2D eigenvalue weighted by atomic mass is 32.3. The highest BCUT2D eigenvalue weighted by molar-refractivity contribution is 7.80. The highest BCUT2D eigenvalue weighted by Crippen LogP contribution is 1.68. The molecular weight excluding hydrogens is 148 g/mol. The molecule has 0 aliphatic carbocycles. The van der Waals surface area contributed by atoms with Gasteiger partial charge in [-0.15, -0.1) is 0 Å². The molecule has 0 saturated carbocycles. The smallest absolute Gasteiger partial charge is 0.364 e. The number of hydrogen-bond acceptors (Lipinski definition) is 4. The van der Waals surface area contributed by atoms with Crippen LogP contribution in [0.2, 0.25) is 0 Å². The van der Waals surface area contributed by atoms with Gasteiger partial charge in [-0.25, -0.2) is 0 Å². The van der Waals surface area contributed by atoms with Crippen molar-refractivity contribution in [2.24, 2.45) is 0 Å². The van der Waals surface area contributed by atoms with E-state index in [1.54, 1.807) is 0 Å². The molecular formula is C2H6O4SSi. The Balaban J connectivity index is 4.34. The third-order valence-corrected chi connectivity index (χ3v) is 3.22. The molecule has 8 heavy (non-hydrogen) atoms. The van der Waals surface area contributed by atoms with E-state index in [-0.39, 0.29) is 0 Å². The molecule has 0 rings (SSSR count). The average molecular weight is 154 g/mol. The summed E-state index contributed by atoms with van der Waals surface area (Å²) in [5.74, 6) is 0. The molecule has 0 N–H and O–H groups in total. The van der Waals surface area contributed by atoms with Gasteiger partial charge in [0.25, 0.3) is 0 Å². The fourth-order valence-electron chi connectivity index (χ4n) is 0.219. The van der Waals surface area contributed by atoms with Gasteiger partial charge in [0, 0.05) is 14.2 Å². The van der Waals surface area contributed by atoms with Crippen LogP contribution in [0.5, 0.6) is 0 Å². The van der Waals surface area contributed by atoms with Gasteiger partial charge in [0.1, 0.15) is 0 Å². The molecule has 0 aliphatic rings. The molecule has 0 saturated heterocycles. The molecule has 0 aromatic rings. The quantitative estimate of drug-likeness (QED) is 0.486. The van der Waals surface area contributed by atoms with Crippen LogP contribution in [-0.2, 0) is 18.6 Å². The summed E-state index contributed by atoms with van der Waals surface area (Å²) in [4.78, 5) is 0. The predicted molar refractivity (Wildman–Crippen MR) is 28.7 cm³/mol. The lowest BCUT2D eigenvalue weighted by Gasteiger charge is -1.87. The van der Waals surface area contributed by atoms with E-state index in [2.05, 4.69) is 8.85 Å². The fourth-order valence-corrected chi connectivity index (χ4v) is 1.47. The van der Waals surface area contributed by atoms with Crippen molar-refractivity contribution in [2.75, 3.05) is 14.2 Å². The Morgan fingerprint density at radius 1 is 1.25 bits per heavy atom. The normalized spacial score (nSPS) is 8.75. The fraction of sp³-hybridized carbons (Fsp3) is 1.00. The van der Waals surface area contributed by atoms with Crippen molar-refractivity contribution in [3.05, 3.63) is 0 Å². The Bertz CT molecular complexity index is 166. The number of hydrogen-bond donors (Lipinski definition) is 0. The largest absolute Gasteiger partial charge is 0.499 e. The van der Waals surface area contributed by atoms with Crippen LogP contribution in [0.1, 0.15) is 0 Å². The van der Waals surface area contributed by atoms with E-state index in [0.29, 0.717) is 0 Å². The lowest BCUT2D eigenvalue weighted by atomic mass is 11.8. The maximum absolute atomic E-state index is 9.96. The zero-order valence-corrected chi connectivity index (χ0v) is 6.36. The van der Waals surface area contributed by atoms with E-state index in [0.717, 1.165) is 0 Å². The van der Waals surface area contributed by atoms with Gasteiger partial charge < -0.3 is 8.85 Å². The molecule has 0 aromatic heterocycles. The topological polar surface area (TPSA) is 52.6 Å². The summed E-state index contributed by atoms with van der Waals surface area (Å²) < 4.78 is 28.8. The zero-order chi connectivity index (χ0) is 6.57. The summed E-state index contributed by atoms with van der Waals surface area (Å²) in [7, 11) is -1.62. The third kappa shape index (κ3) is 2.31. The van der Waals surface area contributed by atoms with Crippen LogP contribution in [-0.4, -0.2) is 30.6 Å². The lowest BCUT2D eigenvalue weighted by Crippen LogP contribution is -2.07. The van der Waals surface area contributed by atoms with Gasteiger partial charge in [0.15, 0.2) is 0 Å². The summed E-state index contributed by atoms with van der Waals surface area (Å²) in [6.07, 6.45) is 0. The van der Waals surface area contributed by atoms with Crippen LogP contribution in [0, 0.1) is 0 Å². The summed E-state index contributed by atoms with van der Waals surface area (Å²) in [6, 6.07) is 0. The molecule has 0 atom stereocenters. The van der Waals surface area contributed by atoms with E-state index in [9.17, 15) is 8.42 Å². The average Bonchev–Trinajstić information content (AvgIpc) is 1.69. The minimum Gasteiger partial charge on any atom is -0.364 e. The van der Waals surface area contributed by atoms with E-state index in [1.165, 1.54) is 14.2 Å².